The Kier molecular flexibility index (Phi) is 3.71. The molecule has 1 aliphatic rings. The highest BCUT2D eigenvalue weighted by Gasteiger charge is 2.44. The summed E-state index contributed by atoms with van der Waals surface area (Å²) < 4.78 is 41.1. The average Bonchev–Trinajstić information content (AvgIpc) is 2.22. The van der Waals surface area contributed by atoms with Crippen LogP contribution in [0.1, 0.15) is 0 Å². The molecule has 0 spiro atoms. The lowest BCUT2D eigenvalue weighted by atomic mass is 9.98. The lowest BCUT2D eigenvalue weighted by molar-refractivity contribution is -0.251. The highest BCUT2D eigenvalue weighted by atomic mass is 32.2. The summed E-state index contributed by atoms with van der Waals surface area (Å²) in [5.41, 5.74) is 0. The molecule has 0 amide bonds. The Bertz CT molecular complexity index is 363. The van der Waals surface area contributed by atoms with E-state index in [1.807, 2.05) is 0 Å². The number of hydrogen-bond donors (Lipinski definition) is 6. The smallest absolute Gasteiger partial charge is 0.333 e. The van der Waals surface area contributed by atoms with E-state index >= 15 is 0 Å². The molecule has 0 radical (unpaired) electrons. The second kappa shape index (κ2) is 4.89. The van der Waals surface area contributed by atoms with Gasteiger partial charge >= 0.3 is 10.3 Å². The van der Waals surface area contributed by atoms with Crippen LogP contribution >= 0.6 is 0 Å². The third kappa shape index (κ3) is 3.09. The van der Waals surface area contributed by atoms with Crippen LogP contribution < -0.4 is 4.72 Å². The molecule has 1 aliphatic heterocycles. The summed E-state index contributed by atoms with van der Waals surface area (Å²) in [5.74, 6) is 0. The van der Waals surface area contributed by atoms with Gasteiger partial charge in [0.15, 0.2) is 6.29 Å². The summed E-state index contributed by atoms with van der Waals surface area (Å²) in [7, 11) is -4.99. The van der Waals surface area contributed by atoms with E-state index in [4.69, 9.17) is 11.1 Å². The van der Waals surface area contributed by atoms with Gasteiger partial charge in [-0.25, -0.2) is 0 Å². The van der Waals surface area contributed by atoms with Crippen molar-refractivity contribution < 1.29 is 39.5 Å². The van der Waals surface area contributed by atoms with E-state index in [2.05, 4.69) is 4.74 Å². The molecule has 0 aromatic carbocycles. The van der Waals surface area contributed by atoms with Crippen molar-refractivity contribution in [2.24, 2.45) is 0 Å². The Balaban J connectivity index is 2.94. The van der Waals surface area contributed by atoms with Crippen molar-refractivity contribution in [1.29, 1.82) is 0 Å². The zero-order valence-electron chi connectivity index (χ0n) is 8.91. The van der Waals surface area contributed by atoms with Gasteiger partial charge in [0.25, 0.3) is 0 Å². The minimum Gasteiger partial charge on any atom is -0.394 e. The van der Waals surface area contributed by atoms with Crippen molar-refractivity contribution in [2.45, 2.75) is 30.6 Å². The van der Waals surface area contributed by atoms with Gasteiger partial charge in [0.05, 0.1) is 6.61 Å². The van der Waals surface area contributed by atoms with E-state index < -0.39 is 52.3 Å². The fourth-order valence-electron chi connectivity index (χ4n) is 1.35. The molecule has 0 saturated carbocycles. The van der Waals surface area contributed by atoms with Crippen molar-refractivity contribution in [2.75, 3.05) is 6.61 Å². The summed E-state index contributed by atoms with van der Waals surface area (Å²) in [6.07, 6.45) is -6.88. The summed E-state index contributed by atoms with van der Waals surface area (Å²) in [5, 5.41) is 37.0. The SMILES string of the molecule is [2H]N([C@H]1C(O)O[C@H](CO)[C@@H](O)[C@@H]1O)S(=O)(=O)O. The van der Waals surface area contributed by atoms with E-state index in [-0.39, 0.29) is 0 Å². The molecule has 0 aliphatic carbocycles. The molecule has 0 aromatic rings. The van der Waals surface area contributed by atoms with Gasteiger partial charge in [0.2, 0.25) is 0 Å². The maximum atomic E-state index is 10.7. The average molecular weight is 260 g/mol. The summed E-state index contributed by atoms with van der Waals surface area (Å²) in [6.45, 7) is -0.716. The first-order chi connectivity index (χ1) is 7.70. The maximum Gasteiger partial charge on any atom is 0.333 e. The first kappa shape index (κ1) is 12.1. The Labute approximate surface area is 92.6 Å². The molecular weight excluding hydrogens is 246 g/mol. The Morgan fingerprint density at radius 3 is 2.31 bits per heavy atom. The molecule has 6 N–H and O–H groups in total. The first-order valence-electron chi connectivity index (χ1n) is 4.71. The third-order valence-electron chi connectivity index (χ3n) is 2.12. The molecule has 9 nitrogen and oxygen atoms in total. The summed E-state index contributed by atoms with van der Waals surface area (Å²) >= 11 is 0. The number of rotatable bonds is 3. The van der Waals surface area contributed by atoms with Crippen LogP contribution in [0.15, 0.2) is 0 Å². The largest absolute Gasteiger partial charge is 0.394 e. The van der Waals surface area contributed by atoms with Gasteiger partial charge in [-0.2, -0.15) is 13.1 Å². The number of aliphatic hydroxyl groups is 4. The second-order valence-electron chi connectivity index (χ2n) is 3.27. The second-order valence-corrected chi connectivity index (χ2v) is 4.38. The topological polar surface area (TPSA) is 157 Å². The quantitative estimate of drug-likeness (QED) is 0.282. The first-order valence-corrected chi connectivity index (χ1v) is 5.66. The highest BCUT2D eigenvalue weighted by molar-refractivity contribution is 7.83. The number of aliphatic hydroxyl groups excluding tert-OH is 4. The molecule has 10 heteroatoms. The lowest BCUT2D eigenvalue weighted by Gasteiger charge is -2.39. The maximum absolute atomic E-state index is 10.7. The van der Waals surface area contributed by atoms with E-state index in [1.54, 1.807) is 0 Å². The standard InChI is InChI=1S/C6H13NO8S/c8-1-2-4(9)5(10)3(6(11)15-2)7-16(12,13)14/h2-11H,1H2,(H,12,13,14)/t2-,3-,4-,5-,6?/m1/s1/i/hD. The van der Waals surface area contributed by atoms with Crippen molar-refractivity contribution in [3.05, 3.63) is 0 Å². The van der Waals surface area contributed by atoms with E-state index in [1.165, 1.54) is 0 Å². The van der Waals surface area contributed by atoms with Gasteiger partial charge in [-0.3, -0.25) is 4.55 Å². The van der Waals surface area contributed by atoms with Crippen LogP contribution in [-0.4, -0.2) is 70.6 Å². The van der Waals surface area contributed by atoms with Crippen LogP contribution in [0, 0.1) is 0 Å². The van der Waals surface area contributed by atoms with Crippen LogP contribution in [0.4, 0.5) is 0 Å². The molecule has 96 valence electrons. The normalized spacial score (nSPS) is 42.1. The van der Waals surface area contributed by atoms with Crippen molar-refractivity contribution in [1.82, 2.24) is 4.72 Å². The number of ether oxygens (including phenoxy) is 1. The van der Waals surface area contributed by atoms with Gasteiger partial charge in [0.1, 0.15) is 25.8 Å². The van der Waals surface area contributed by atoms with E-state index in [0.717, 1.165) is 0 Å². The third-order valence-corrected chi connectivity index (χ3v) is 2.63. The predicted molar refractivity (Wildman–Crippen MR) is 48.5 cm³/mol. The van der Waals surface area contributed by atoms with Crippen molar-refractivity contribution >= 4 is 10.3 Å². The molecule has 1 rings (SSSR count). The van der Waals surface area contributed by atoms with Crippen molar-refractivity contribution in [3.63, 3.8) is 0 Å². The zero-order valence-corrected chi connectivity index (χ0v) is 8.73. The van der Waals surface area contributed by atoms with Crippen LogP contribution in [0.3, 0.4) is 0 Å². The van der Waals surface area contributed by atoms with E-state index in [9.17, 15) is 23.7 Å². The number of nitrogens with one attached hydrogen (secondary N) is 1. The Morgan fingerprint density at radius 1 is 1.31 bits per heavy atom. The molecule has 0 aromatic heterocycles. The summed E-state index contributed by atoms with van der Waals surface area (Å²) in [4.78, 5) is 0. The molecule has 16 heavy (non-hydrogen) atoms. The van der Waals surface area contributed by atoms with Crippen LogP contribution in [0.2, 0.25) is 1.41 Å². The molecule has 0 bridgehead atoms. The molecular formula is C6H13NO8S. The fraction of sp³-hybridized carbons (Fsp3) is 1.00. The minimum atomic E-state index is -4.99. The van der Waals surface area contributed by atoms with Crippen LogP contribution in [-0.2, 0) is 15.0 Å². The highest BCUT2D eigenvalue weighted by Crippen LogP contribution is 2.19. The van der Waals surface area contributed by atoms with Crippen molar-refractivity contribution in [3.8, 4) is 0 Å². The predicted octanol–water partition coefficient (Wildman–Crippen LogP) is -3.82. The van der Waals surface area contributed by atoms with Gasteiger partial charge < -0.3 is 25.2 Å². The lowest BCUT2D eigenvalue weighted by Crippen LogP contribution is -2.64. The molecule has 1 unspecified atom stereocenters. The summed E-state index contributed by atoms with van der Waals surface area (Å²) in [6, 6.07) is -1.90. The monoisotopic (exact) mass is 260 g/mol. The molecule has 1 fully saturated rings. The number of hydrogen-bond acceptors (Lipinski definition) is 7. The molecule has 5 atom stereocenters. The molecule has 1 heterocycles. The van der Waals surface area contributed by atoms with Crippen LogP contribution in [0.25, 0.3) is 0 Å². The Hall–Kier alpha value is -0.330. The van der Waals surface area contributed by atoms with Crippen LogP contribution in [0.5, 0.6) is 0 Å². The zero-order chi connectivity index (χ0) is 13.4. The fourth-order valence-corrected chi connectivity index (χ4v) is 1.89. The van der Waals surface area contributed by atoms with Gasteiger partial charge in [0, 0.05) is 0 Å². The minimum absolute atomic E-state index is 0.473. The van der Waals surface area contributed by atoms with Gasteiger partial charge in [-0.05, 0) is 0 Å². The molecule has 1 saturated heterocycles. The van der Waals surface area contributed by atoms with Gasteiger partial charge in [-0.15, -0.1) is 0 Å². The van der Waals surface area contributed by atoms with E-state index in [0.29, 0.717) is 0 Å². The Morgan fingerprint density at radius 2 is 1.88 bits per heavy atom. The van der Waals surface area contributed by atoms with Gasteiger partial charge in [-0.1, -0.05) is 0 Å².